The van der Waals surface area contributed by atoms with Crippen molar-refractivity contribution in [3.05, 3.63) is 59.7 Å². The molecule has 1 amide bonds. The van der Waals surface area contributed by atoms with Crippen LogP contribution in [0, 0.1) is 12.7 Å². The lowest BCUT2D eigenvalue weighted by Gasteiger charge is -2.15. The number of oxazole rings is 1. The second-order valence-corrected chi connectivity index (χ2v) is 5.63. The first-order valence-corrected chi connectivity index (χ1v) is 7.67. The van der Waals surface area contributed by atoms with Crippen LogP contribution in [0.4, 0.5) is 10.1 Å². The number of carbonyl (C=O) groups is 1. The second-order valence-electron chi connectivity index (χ2n) is 5.63. The lowest BCUT2D eigenvalue weighted by molar-refractivity contribution is -0.121. The Morgan fingerprint density at radius 2 is 2.00 bits per heavy atom. The predicted octanol–water partition coefficient (Wildman–Crippen LogP) is 3.39. The van der Waals surface area contributed by atoms with Crippen molar-refractivity contribution in [2.45, 2.75) is 26.4 Å². The van der Waals surface area contributed by atoms with Crippen molar-refractivity contribution in [1.82, 2.24) is 10.3 Å². The summed E-state index contributed by atoms with van der Waals surface area (Å²) in [6, 6.07) is 11.1. The molecule has 0 bridgehead atoms. The Hall–Kier alpha value is -2.89. The minimum atomic E-state index is -0.420. The van der Waals surface area contributed by atoms with Gasteiger partial charge in [0.15, 0.2) is 11.5 Å². The molecular formula is C18H18FN3O2. The molecule has 2 aromatic carbocycles. The Labute approximate surface area is 138 Å². The molecule has 0 aliphatic heterocycles. The van der Waals surface area contributed by atoms with Gasteiger partial charge in [-0.15, -0.1) is 0 Å². The zero-order chi connectivity index (χ0) is 17.1. The van der Waals surface area contributed by atoms with Gasteiger partial charge in [0, 0.05) is 19.2 Å². The molecular weight excluding hydrogens is 309 g/mol. The molecule has 2 N–H and O–H groups in total. The molecule has 1 aromatic heterocycles. The third kappa shape index (κ3) is 3.71. The predicted molar refractivity (Wildman–Crippen MR) is 90.1 cm³/mol. The number of aryl methyl sites for hydroxylation is 1. The number of aromatic nitrogens is 1. The van der Waals surface area contributed by atoms with E-state index in [2.05, 4.69) is 15.6 Å². The fourth-order valence-electron chi connectivity index (χ4n) is 2.39. The molecule has 124 valence electrons. The van der Waals surface area contributed by atoms with Gasteiger partial charge in [0.25, 0.3) is 0 Å². The molecule has 5 nitrogen and oxygen atoms in total. The quantitative estimate of drug-likeness (QED) is 0.754. The van der Waals surface area contributed by atoms with Gasteiger partial charge in [-0.25, -0.2) is 9.37 Å². The van der Waals surface area contributed by atoms with Crippen molar-refractivity contribution in [3.63, 3.8) is 0 Å². The Morgan fingerprint density at radius 1 is 1.25 bits per heavy atom. The number of hydrogen-bond donors (Lipinski definition) is 2. The summed E-state index contributed by atoms with van der Waals surface area (Å²) < 4.78 is 18.3. The first kappa shape index (κ1) is 16.0. The third-order valence-electron chi connectivity index (χ3n) is 3.65. The first-order chi connectivity index (χ1) is 11.5. The summed E-state index contributed by atoms with van der Waals surface area (Å²) >= 11 is 0. The van der Waals surface area contributed by atoms with Gasteiger partial charge in [0.05, 0.1) is 0 Å². The molecule has 0 saturated heterocycles. The molecule has 0 aliphatic rings. The maximum Gasteiger partial charge on any atom is 0.242 e. The van der Waals surface area contributed by atoms with E-state index in [1.807, 2.05) is 18.2 Å². The Bertz CT molecular complexity index is 858. The number of benzene rings is 2. The van der Waals surface area contributed by atoms with Crippen LogP contribution in [0.3, 0.4) is 0 Å². The Morgan fingerprint density at radius 3 is 2.75 bits per heavy atom. The van der Waals surface area contributed by atoms with E-state index in [4.69, 9.17) is 4.42 Å². The zero-order valence-electron chi connectivity index (χ0n) is 13.5. The van der Waals surface area contributed by atoms with Gasteiger partial charge < -0.3 is 15.1 Å². The maximum atomic E-state index is 12.9. The molecule has 0 fully saturated rings. The van der Waals surface area contributed by atoms with Gasteiger partial charge in [0.2, 0.25) is 5.91 Å². The van der Waals surface area contributed by atoms with Crippen LogP contribution < -0.4 is 10.6 Å². The number of halogens is 1. The van der Waals surface area contributed by atoms with Crippen LogP contribution in [0.1, 0.15) is 18.4 Å². The van der Waals surface area contributed by atoms with Crippen molar-refractivity contribution < 1.29 is 13.6 Å². The summed E-state index contributed by atoms with van der Waals surface area (Å²) in [7, 11) is 0. The topological polar surface area (TPSA) is 67.2 Å². The van der Waals surface area contributed by atoms with Gasteiger partial charge in [-0.3, -0.25) is 4.79 Å². The van der Waals surface area contributed by atoms with E-state index in [-0.39, 0.29) is 11.7 Å². The molecule has 0 spiro atoms. The van der Waals surface area contributed by atoms with Crippen molar-refractivity contribution in [3.8, 4) is 0 Å². The van der Waals surface area contributed by atoms with Gasteiger partial charge >= 0.3 is 0 Å². The highest BCUT2D eigenvalue weighted by atomic mass is 19.1. The number of nitrogens with one attached hydrogen (secondary N) is 2. The number of hydrogen-bond acceptors (Lipinski definition) is 4. The normalized spacial score (nSPS) is 12.1. The van der Waals surface area contributed by atoms with E-state index >= 15 is 0 Å². The SMILES string of the molecule is Cc1nc2cc(NC(C)C(=O)NCc3ccc(F)cc3)ccc2o1. The van der Waals surface area contributed by atoms with Crippen LogP contribution in [-0.4, -0.2) is 16.9 Å². The summed E-state index contributed by atoms with van der Waals surface area (Å²) in [6.45, 7) is 3.92. The van der Waals surface area contributed by atoms with Gasteiger partial charge in [-0.1, -0.05) is 12.1 Å². The number of fused-ring (bicyclic) bond motifs is 1. The third-order valence-corrected chi connectivity index (χ3v) is 3.65. The molecule has 24 heavy (non-hydrogen) atoms. The van der Waals surface area contributed by atoms with Gasteiger partial charge in [-0.2, -0.15) is 0 Å². The van der Waals surface area contributed by atoms with Gasteiger partial charge in [-0.05, 0) is 42.8 Å². The molecule has 0 aliphatic carbocycles. The zero-order valence-corrected chi connectivity index (χ0v) is 13.5. The fraction of sp³-hybridized carbons (Fsp3) is 0.222. The Kier molecular flexibility index (Phi) is 4.46. The van der Waals surface area contributed by atoms with Crippen molar-refractivity contribution in [2.24, 2.45) is 0 Å². The maximum absolute atomic E-state index is 12.9. The molecule has 1 heterocycles. The van der Waals surface area contributed by atoms with Gasteiger partial charge in [0.1, 0.15) is 17.4 Å². The van der Waals surface area contributed by atoms with Crippen LogP contribution in [0.5, 0.6) is 0 Å². The molecule has 1 unspecified atom stereocenters. The number of amides is 1. The average Bonchev–Trinajstić information content (AvgIpc) is 2.93. The van der Waals surface area contributed by atoms with Crippen LogP contribution in [0.25, 0.3) is 11.1 Å². The smallest absolute Gasteiger partial charge is 0.242 e. The average molecular weight is 327 g/mol. The summed E-state index contributed by atoms with van der Waals surface area (Å²) in [5.74, 6) is 0.168. The molecule has 1 atom stereocenters. The highest BCUT2D eigenvalue weighted by Crippen LogP contribution is 2.20. The number of anilines is 1. The summed E-state index contributed by atoms with van der Waals surface area (Å²) in [5, 5.41) is 5.96. The highest BCUT2D eigenvalue weighted by Gasteiger charge is 2.13. The van der Waals surface area contributed by atoms with E-state index in [9.17, 15) is 9.18 Å². The van der Waals surface area contributed by atoms with E-state index in [1.54, 1.807) is 26.0 Å². The summed E-state index contributed by atoms with van der Waals surface area (Å²) in [5.41, 5.74) is 3.10. The molecule has 0 saturated carbocycles. The van der Waals surface area contributed by atoms with Crippen molar-refractivity contribution in [2.75, 3.05) is 5.32 Å². The monoisotopic (exact) mass is 327 g/mol. The van der Waals surface area contributed by atoms with E-state index in [0.717, 1.165) is 16.8 Å². The Balaban J connectivity index is 1.59. The second kappa shape index (κ2) is 6.70. The number of carbonyl (C=O) groups excluding carboxylic acids is 1. The fourth-order valence-corrected chi connectivity index (χ4v) is 2.39. The van der Waals surface area contributed by atoms with E-state index in [1.165, 1.54) is 12.1 Å². The lowest BCUT2D eigenvalue weighted by Crippen LogP contribution is -2.37. The lowest BCUT2D eigenvalue weighted by atomic mass is 10.2. The number of rotatable bonds is 5. The minimum absolute atomic E-state index is 0.143. The molecule has 3 aromatic rings. The van der Waals surface area contributed by atoms with Crippen LogP contribution in [0.15, 0.2) is 46.9 Å². The van der Waals surface area contributed by atoms with E-state index in [0.29, 0.717) is 18.0 Å². The summed E-state index contributed by atoms with van der Waals surface area (Å²) in [4.78, 5) is 16.4. The molecule has 0 radical (unpaired) electrons. The summed E-state index contributed by atoms with van der Waals surface area (Å²) in [6.07, 6.45) is 0. The first-order valence-electron chi connectivity index (χ1n) is 7.67. The standard InChI is InChI=1S/C18H18FN3O2/c1-11(18(23)20-10-13-3-5-14(19)6-4-13)21-15-7-8-17-16(9-15)22-12(2)24-17/h3-9,11,21H,10H2,1-2H3,(H,20,23). The van der Waals surface area contributed by atoms with Crippen LogP contribution in [-0.2, 0) is 11.3 Å². The van der Waals surface area contributed by atoms with Crippen molar-refractivity contribution >= 4 is 22.7 Å². The van der Waals surface area contributed by atoms with Crippen LogP contribution in [0.2, 0.25) is 0 Å². The highest BCUT2D eigenvalue weighted by molar-refractivity contribution is 5.85. The number of nitrogens with zero attached hydrogens (tertiary/aromatic N) is 1. The largest absolute Gasteiger partial charge is 0.441 e. The van der Waals surface area contributed by atoms with Crippen molar-refractivity contribution in [1.29, 1.82) is 0 Å². The molecule has 3 rings (SSSR count). The molecule has 6 heteroatoms. The minimum Gasteiger partial charge on any atom is -0.441 e. The van der Waals surface area contributed by atoms with Crippen LogP contribution >= 0.6 is 0 Å². The van der Waals surface area contributed by atoms with E-state index < -0.39 is 6.04 Å².